The van der Waals surface area contributed by atoms with Crippen molar-refractivity contribution in [3.63, 3.8) is 0 Å². The molecular formula is C13H15NO3SY-2. The minimum Gasteiger partial charge on any atom is -0.547 e. The van der Waals surface area contributed by atoms with Gasteiger partial charge in [0.2, 0.25) is 0 Å². The van der Waals surface area contributed by atoms with Crippen LogP contribution in [-0.4, -0.2) is 22.6 Å². The van der Waals surface area contributed by atoms with Crippen LogP contribution in [0.1, 0.15) is 0 Å². The van der Waals surface area contributed by atoms with Crippen molar-refractivity contribution in [3.8, 4) is 5.75 Å². The Labute approximate surface area is 139 Å². The van der Waals surface area contributed by atoms with E-state index in [4.69, 9.17) is 4.74 Å². The molecule has 0 atom stereocenters. The Hall–Kier alpha value is -0.486. The maximum atomic E-state index is 11.8. The summed E-state index contributed by atoms with van der Waals surface area (Å²) in [6.07, 6.45) is 0. The van der Waals surface area contributed by atoms with E-state index in [1.807, 2.05) is 12.1 Å². The molecule has 19 heavy (non-hydrogen) atoms. The van der Waals surface area contributed by atoms with Crippen LogP contribution in [0, 0.1) is 7.43 Å². The first kappa shape index (κ1) is 18.5. The summed E-state index contributed by atoms with van der Waals surface area (Å²) < 4.78 is 32.2. The number of benzene rings is 2. The van der Waals surface area contributed by atoms with E-state index in [-0.39, 0.29) is 45.0 Å². The molecule has 2 rings (SSSR count). The number of fused-ring (bicyclic) bond motifs is 1. The zero-order valence-corrected chi connectivity index (χ0v) is 14.8. The van der Waals surface area contributed by atoms with Gasteiger partial charge in [0.15, 0.2) is 0 Å². The monoisotopic (exact) mass is 354 g/mol. The third-order valence-electron chi connectivity index (χ3n) is 2.58. The van der Waals surface area contributed by atoms with Crippen molar-refractivity contribution < 1.29 is 45.9 Å². The molecular weight excluding hydrogens is 339 g/mol. The molecule has 0 amide bonds. The van der Waals surface area contributed by atoms with Gasteiger partial charge in [-0.2, -0.15) is 7.05 Å². The minimum atomic E-state index is -3.58. The Morgan fingerprint density at radius 1 is 1.05 bits per heavy atom. The Morgan fingerprint density at radius 2 is 1.63 bits per heavy atom. The molecule has 0 bridgehead atoms. The van der Waals surface area contributed by atoms with Crippen molar-refractivity contribution in [1.29, 1.82) is 0 Å². The molecule has 0 aromatic heterocycles. The number of rotatable bonds is 3. The SMILES string of the molecule is C[N-]S(=O)(=O)c1ccc(OC)c2ccccc12.[CH3-].[Y]. The van der Waals surface area contributed by atoms with Crippen molar-refractivity contribution in [2.45, 2.75) is 4.90 Å². The molecule has 101 valence electrons. The van der Waals surface area contributed by atoms with Gasteiger partial charge in [0.05, 0.1) is 12.0 Å². The van der Waals surface area contributed by atoms with Crippen molar-refractivity contribution in [1.82, 2.24) is 0 Å². The van der Waals surface area contributed by atoms with Crippen LogP contribution < -0.4 is 4.74 Å². The van der Waals surface area contributed by atoms with Gasteiger partial charge >= 0.3 is 0 Å². The number of ether oxygens (including phenoxy) is 1. The summed E-state index contributed by atoms with van der Waals surface area (Å²) in [4.78, 5) is 0.205. The van der Waals surface area contributed by atoms with E-state index in [1.54, 1.807) is 25.3 Å². The van der Waals surface area contributed by atoms with Crippen molar-refractivity contribution in [2.75, 3.05) is 14.2 Å². The molecule has 4 nitrogen and oxygen atoms in total. The van der Waals surface area contributed by atoms with Gasteiger partial charge < -0.3 is 16.9 Å². The van der Waals surface area contributed by atoms with E-state index in [0.717, 1.165) is 5.39 Å². The fourth-order valence-corrected chi connectivity index (χ4v) is 2.64. The fraction of sp³-hybridized carbons (Fsp3) is 0.154. The van der Waals surface area contributed by atoms with E-state index >= 15 is 0 Å². The number of sulfonamides is 1. The first-order chi connectivity index (χ1) is 8.10. The summed E-state index contributed by atoms with van der Waals surface area (Å²) in [6.45, 7) is 0. The van der Waals surface area contributed by atoms with Gasteiger partial charge in [-0.3, -0.25) is 0 Å². The van der Waals surface area contributed by atoms with Crippen molar-refractivity contribution in [2.24, 2.45) is 0 Å². The maximum absolute atomic E-state index is 11.8. The van der Waals surface area contributed by atoms with Crippen LogP contribution in [0.2, 0.25) is 0 Å². The van der Waals surface area contributed by atoms with Gasteiger partial charge in [-0.15, -0.1) is 0 Å². The van der Waals surface area contributed by atoms with Crippen LogP contribution in [0.4, 0.5) is 0 Å². The summed E-state index contributed by atoms with van der Waals surface area (Å²) in [7, 11) is -0.752. The largest absolute Gasteiger partial charge is 0.547 e. The van der Waals surface area contributed by atoms with E-state index in [2.05, 4.69) is 4.72 Å². The third kappa shape index (κ3) is 3.54. The zero-order chi connectivity index (χ0) is 12.5. The van der Waals surface area contributed by atoms with Crippen molar-refractivity contribution >= 4 is 20.8 Å². The Bertz CT molecular complexity index is 656. The second kappa shape index (κ2) is 7.34. The average Bonchev–Trinajstić information content (AvgIpc) is 2.37. The topological polar surface area (TPSA) is 57.5 Å². The molecule has 0 fully saturated rings. The van der Waals surface area contributed by atoms with Crippen molar-refractivity contribution in [3.05, 3.63) is 48.5 Å². The van der Waals surface area contributed by atoms with Crippen LogP contribution in [0.5, 0.6) is 5.75 Å². The van der Waals surface area contributed by atoms with E-state index in [1.165, 1.54) is 13.1 Å². The molecule has 0 unspecified atom stereocenters. The Morgan fingerprint density at radius 3 is 2.16 bits per heavy atom. The summed E-state index contributed by atoms with van der Waals surface area (Å²) in [5.74, 6) is 0.649. The average molecular weight is 354 g/mol. The van der Waals surface area contributed by atoms with Gasteiger partial charge in [-0.05, 0) is 12.1 Å². The first-order valence-electron chi connectivity index (χ1n) is 5.02. The molecule has 0 saturated heterocycles. The second-order valence-electron chi connectivity index (χ2n) is 3.47. The predicted molar refractivity (Wildman–Crippen MR) is 73.4 cm³/mol. The Balaban J connectivity index is 0.00000162. The minimum absolute atomic E-state index is 0. The first-order valence-corrected chi connectivity index (χ1v) is 6.46. The summed E-state index contributed by atoms with van der Waals surface area (Å²) in [6, 6.07) is 10.4. The zero-order valence-electron chi connectivity index (χ0n) is 11.1. The third-order valence-corrected chi connectivity index (χ3v) is 3.97. The molecule has 0 aliphatic heterocycles. The normalized spacial score (nSPS) is 10.4. The summed E-state index contributed by atoms with van der Waals surface area (Å²) in [5.41, 5.74) is 0. The molecule has 1 radical (unpaired) electrons. The maximum Gasteiger partial charge on any atom is 0.126 e. The molecule has 0 aliphatic carbocycles. The number of hydrogen-bond acceptors (Lipinski definition) is 3. The number of hydrogen-bond donors (Lipinski definition) is 0. The van der Waals surface area contributed by atoms with Gasteiger partial charge in [-0.1, -0.05) is 24.3 Å². The molecule has 0 saturated carbocycles. The quantitative estimate of drug-likeness (QED) is 0.797. The van der Waals surface area contributed by atoms with Gasteiger partial charge in [0.1, 0.15) is 15.8 Å². The Kier molecular flexibility index (Phi) is 7.15. The van der Waals surface area contributed by atoms with Crippen LogP contribution >= 0.6 is 0 Å². The second-order valence-corrected chi connectivity index (χ2v) is 5.22. The fourth-order valence-electron chi connectivity index (χ4n) is 1.75. The molecule has 2 aromatic carbocycles. The van der Waals surface area contributed by atoms with Crippen LogP contribution in [-0.2, 0) is 42.7 Å². The van der Waals surface area contributed by atoms with E-state index in [9.17, 15) is 8.42 Å². The molecule has 0 N–H and O–H groups in total. The van der Waals surface area contributed by atoms with Gasteiger partial charge in [-0.25, -0.2) is 8.42 Å². The number of methoxy groups -OCH3 is 1. The molecule has 6 heteroatoms. The van der Waals surface area contributed by atoms with Crippen LogP contribution in [0.3, 0.4) is 0 Å². The smallest absolute Gasteiger partial charge is 0.126 e. The molecule has 0 heterocycles. The predicted octanol–water partition coefficient (Wildman–Crippen LogP) is 2.99. The van der Waals surface area contributed by atoms with E-state index < -0.39 is 10.0 Å². The van der Waals surface area contributed by atoms with Gasteiger partial charge in [0.25, 0.3) is 0 Å². The van der Waals surface area contributed by atoms with Crippen LogP contribution in [0.15, 0.2) is 41.3 Å². The molecule has 0 aliphatic rings. The van der Waals surface area contributed by atoms with Gasteiger partial charge in [0, 0.05) is 43.5 Å². The summed E-state index contributed by atoms with van der Waals surface area (Å²) in [5, 5.41) is 1.39. The number of nitrogens with zero attached hydrogens (tertiary/aromatic N) is 1. The van der Waals surface area contributed by atoms with Crippen LogP contribution in [0.25, 0.3) is 15.5 Å². The summed E-state index contributed by atoms with van der Waals surface area (Å²) >= 11 is 0. The molecule has 0 spiro atoms. The standard InChI is InChI=1S/C12H12NO3S.CH3.Y/c1-13-17(14,15)12-8-7-11(16-2)9-5-3-4-6-10(9)12;;/h3-8H,1-2H3;1H3;/q2*-1;. The van der Waals surface area contributed by atoms with E-state index in [0.29, 0.717) is 11.1 Å². The molecule has 2 aromatic rings.